The van der Waals surface area contributed by atoms with Crippen LogP contribution in [0.15, 0.2) is 40.0 Å². The summed E-state index contributed by atoms with van der Waals surface area (Å²) in [5.41, 5.74) is 0.889. The van der Waals surface area contributed by atoms with Gasteiger partial charge in [0.05, 0.1) is 16.3 Å². The first kappa shape index (κ1) is 24.9. The highest BCUT2D eigenvalue weighted by molar-refractivity contribution is 7.89. The molecule has 1 aromatic carbocycles. The zero-order valence-electron chi connectivity index (χ0n) is 19.6. The van der Waals surface area contributed by atoms with Gasteiger partial charge in [0.1, 0.15) is 5.69 Å². The van der Waals surface area contributed by atoms with Crippen LogP contribution in [0.5, 0.6) is 0 Å². The fourth-order valence-corrected chi connectivity index (χ4v) is 5.36. The van der Waals surface area contributed by atoms with Crippen LogP contribution >= 0.6 is 0 Å². The lowest BCUT2D eigenvalue weighted by atomic mass is 10.2. The average molecular weight is 477 g/mol. The van der Waals surface area contributed by atoms with Crippen LogP contribution in [-0.2, 0) is 17.1 Å². The Bertz CT molecular complexity index is 1150. The summed E-state index contributed by atoms with van der Waals surface area (Å²) < 4.78 is 28.7. The van der Waals surface area contributed by atoms with Crippen LogP contribution in [0.3, 0.4) is 0 Å². The largest absolute Gasteiger partial charge is 0.367 e. The summed E-state index contributed by atoms with van der Waals surface area (Å²) in [6.07, 6.45) is 0. The fraction of sp³-hybridized carbons (Fsp3) is 0.500. The van der Waals surface area contributed by atoms with Gasteiger partial charge < -0.3 is 15.1 Å². The highest BCUT2D eigenvalue weighted by Crippen LogP contribution is 2.31. The SMILES string of the molecule is CCN1CCN(c2ccc(S(=O)(=O)N(CC)CC)cc2NC(=O)c2ccc(=O)n(C)n2)CC1. The number of piperazine rings is 1. The number of nitrogens with one attached hydrogen (secondary N) is 1. The first-order valence-electron chi connectivity index (χ1n) is 11.2. The lowest BCUT2D eigenvalue weighted by Crippen LogP contribution is -2.46. The molecule has 0 spiro atoms. The minimum atomic E-state index is -3.70. The lowest BCUT2D eigenvalue weighted by Gasteiger charge is -2.36. The van der Waals surface area contributed by atoms with Gasteiger partial charge in [-0.05, 0) is 30.8 Å². The molecule has 33 heavy (non-hydrogen) atoms. The number of likely N-dealkylation sites (N-methyl/N-ethyl adjacent to an activating group) is 1. The second kappa shape index (κ2) is 10.4. The van der Waals surface area contributed by atoms with Gasteiger partial charge in [0.2, 0.25) is 10.0 Å². The van der Waals surface area contributed by atoms with E-state index in [2.05, 4.69) is 27.1 Å². The monoisotopic (exact) mass is 476 g/mol. The molecule has 0 atom stereocenters. The van der Waals surface area contributed by atoms with E-state index >= 15 is 0 Å². The summed E-state index contributed by atoms with van der Waals surface area (Å²) in [5.74, 6) is -0.517. The third-order valence-electron chi connectivity index (χ3n) is 5.91. The number of amides is 1. The van der Waals surface area contributed by atoms with Crippen molar-refractivity contribution in [3.8, 4) is 0 Å². The van der Waals surface area contributed by atoms with Crippen LogP contribution in [0.25, 0.3) is 0 Å². The maximum atomic E-state index is 13.1. The minimum Gasteiger partial charge on any atom is -0.367 e. The number of carbonyl (C=O) groups excluding carboxylic acids is 1. The van der Waals surface area contributed by atoms with Crippen LogP contribution in [0.4, 0.5) is 11.4 Å². The smallest absolute Gasteiger partial charge is 0.276 e. The molecule has 0 saturated carbocycles. The second-order valence-corrected chi connectivity index (χ2v) is 9.76. The van der Waals surface area contributed by atoms with E-state index < -0.39 is 15.9 Å². The van der Waals surface area contributed by atoms with Gasteiger partial charge in [-0.15, -0.1) is 0 Å². The Kier molecular flexibility index (Phi) is 7.88. The summed E-state index contributed by atoms with van der Waals surface area (Å²) in [5, 5.41) is 6.83. The Morgan fingerprint density at radius 2 is 1.73 bits per heavy atom. The van der Waals surface area contributed by atoms with E-state index in [1.807, 2.05) is 0 Å². The van der Waals surface area contributed by atoms with Gasteiger partial charge in [-0.2, -0.15) is 9.40 Å². The third kappa shape index (κ3) is 5.43. The van der Waals surface area contributed by atoms with E-state index in [0.717, 1.165) is 43.1 Å². The highest BCUT2D eigenvalue weighted by atomic mass is 32.2. The van der Waals surface area contributed by atoms with Crippen molar-refractivity contribution < 1.29 is 13.2 Å². The molecule has 2 heterocycles. The summed E-state index contributed by atoms with van der Waals surface area (Å²) in [7, 11) is -2.24. The van der Waals surface area contributed by atoms with E-state index in [0.29, 0.717) is 18.8 Å². The number of aromatic nitrogens is 2. The number of nitrogens with zero attached hydrogens (tertiary/aromatic N) is 5. The van der Waals surface area contributed by atoms with Crippen molar-refractivity contribution in [2.75, 3.05) is 56.0 Å². The van der Waals surface area contributed by atoms with Crippen LogP contribution in [0, 0.1) is 0 Å². The first-order chi connectivity index (χ1) is 15.7. The third-order valence-corrected chi connectivity index (χ3v) is 7.96. The van der Waals surface area contributed by atoms with E-state index in [1.165, 1.54) is 29.6 Å². The van der Waals surface area contributed by atoms with Gasteiger partial charge in [0, 0.05) is 52.4 Å². The summed E-state index contributed by atoms with van der Waals surface area (Å²) in [6.45, 7) is 10.6. The molecule has 0 aliphatic carbocycles. The molecule has 11 heteroatoms. The van der Waals surface area contributed by atoms with Crippen molar-refractivity contribution in [2.45, 2.75) is 25.7 Å². The Morgan fingerprint density at radius 1 is 1.06 bits per heavy atom. The van der Waals surface area contributed by atoms with Crippen LogP contribution in [-0.4, -0.2) is 79.1 Å². The quantitative estimate of drug-likeness (QED) is 0.610. The van der Waals surface area contributed by atoms with Crippen LogP contribution in [0.1, 0.15) is 31.3 Å². The summed E-state index contributed by atoms with van der Waals surface area (Å²) in [4.78, 5) is 29.2. The van der Waals surface area contributed by atoms with Gasteiger partial charge in [-0.3, -0.25) is 9.59 Å². The molecule has 180 valence electrons. The summed E-state index contributed by atoms with van der Waals surface area (Å²) >= 11 is 0. The standard InChI is InChI=1S/C22H32N6O4S/c1-5-26-12-14-27(15-13-26)20-10-8-17(33(31,32)28(6-2)7-3)16-19(20)23-22(30)18-9-11-21(29)25(4)24-18/h8-11,16H,5-7,12-15H2,1-4H3,(H,23,30). The Hall–Kier alpha value is -2.76. The molecule has 1 aliphatic heterocycles. The van der Waals surface area contributed by atoms with Crippen molar-refractivity contribution >= 4 is 27.3 Å². The zero-order valence-corrected chi connectivity index (χ0v) is 20.4. The van der Waals surface area contributed by atoms with E-state index in [1.54, 1.807) is 26.0 Å². The van der Waals surface area contributed by atoms with Crippen molar-refractivity contribution in [1.82, 2.24) is 19.0 Å². The van der Waals surface area contributed by atoms with Crippen molar-refractivity contribution in [3.63, 3.8) is 0 Å². The molecular formula is C22H32N6O4S. The van der Waals surface area contributed by atoms with Gasteiger partial charge in [0.25, 0.3) is 11.5 Å². The molecule has 1 N–H and O–H groups in total. The average Bonchev–Trinajstić information content (AvgIpc) is 2.81. The molecule has 2 aromatic rings. The number of rotatable bonds is 8. The molecule has 1 amide bonds. The molecule has 0 unspecified atom stereocenters. The van der Waals surface area contributed by atoms with E-state index in [4.69, 9.17) is 0 Å². The highest BCUT2D eigenvalue weighted by Gasteiger charge is 2.25. The van der Waals surface area contributed by atoms with E-state index in [9.17, 15) is 18.0 Å². The number of hydrogen-bond donors (Lipinski definition) is 1. The predicted molar refractivity (Wildman–Crippen MR) is 128 cm³/mol. The van der Waals surface area contributed by atoms with Crippen molar-refractivity contribution in [1.29, 1.82) is 0 Å². The molecule has 1 aliphatic rings. The van der Waals surface area contributed by atoms with Crippen molar-refractivity contribution in [3.05, 3.63) is 46.4 Å². The number of aryl methyl sites for hydroxylation is 1. The molecule has 1 aromatic heterocycles. The second-order valence-electron chi connectivity index (χ2n) is 7.82. The minimum absolute atomic E-state index is 0.0656. The number of hydrogen-bond acceptors (Lipinski definition) is 7. The first-order valence-corrected chi connectivity index (χ1v) is 12.6. The van der Waals surface area contributed by atoms with Gasteiger partial charge in [0.15, 0.2) is 0 Å². The number of benzene rings is 1. The normalized spacial score (nSPS) is 15.1. The molecule has 10 nitrogen and oxygen atoms in total. The maximum Gasteiger partial charge on any atom is 0.276 e. The predicted octanol–water partition coefficient (Wildman–Crippen LogP) is 1.21. The molecule has 1 saturated heterocycles. The lowest BCUT2D eigenvalue weighted by molar-refractivity contribution is 0.102. The number of carbonyl (C=O) groups is 1. The zero-order chi connectivity index (χ0) is 24.2. The molecule has 0 radical (unpaired) electrons. The number of sulfonamides is 1. The van der Waals surface area contributed by atoms with Gasteiger partial charge in [-0.25, -0.2) is 13.1 Å². The molecule has 0 bridgehead atoms. The fourth-order valence-electron chi connectivity index (χ4n) is 3.88. The molecule has 3 rings (SSSR count). The van der Waals surface area contributed by atoms with Gasteiger partial charge in [-0.1, -0.05) is 20.8 Å². The van der Waals surface area contributed by atoms with E-state index in [-0.39, 0.29) is 16.1 Å². The Balaban J connectivity index is 2.00. The van der Waals surface area contributed by atoms with Gasteiger partial charge >= 0.3 is 0 Å². The van der Waals surface area contributed by atoms with Crippen LogP contribution < -0.4 is 15.8 Å². The molecule has 1 fully saturated rings. The Morgan fingerprint density at radius 3 is 2.30 bits per heavy atom. The molecular weight excluding hydrogens is 444 g/mol. The summed E-state index contributed by atoms with van der Waals surface area (Å²) in [6, 6.07) is 7.48. The maximum absolute atomic E-state index is 13.1. The topological polar surface area (TPSA) is 108 Å². The van der Waals surface area contributed by atoms with Crippen molar-refractivity contribution in [2.24, 2.45) is 7.05 Å². The van der Waals surface area contributed by atoms with Crippen LogP contribution in [0.2, 0.25) is 0 Å². The number of anilines is 2. The Labute approximate surface area is 194 Å².